The molecule has 5 heteroatoms. The highest BCUT2D eigenvalue weighted by Crippen LogP contribution is 2.25. The summed E-state index contributed by atoms with van der Waals surface area (Å²) in [6.45, 7) is 4.84. The molecule has 0 unspecified atom stereocenters. The Morgan fingerprint density at radius 3 is 2.65 bits per heavy atom. The molecule has 1 aliphatic rings. The summed E-state index contributed by atoms with van der Waals surface area (Å²) >= 11 is 0. The van der Waals surface area contributed by atoms with Crippen LogP contribution in [0.4, 0.5) is 0 Å². The number of amides is 1. The number of para-hydroxylation sites is 1. The molecule has 134 valence electrons. The zero-order valence-corrected chi connectivity index (χ0v) is 14.9. The summed E-state index contributed by atoms with van der Waals surface area (Å²) in [5.74, 6) is 0.330. The first-order chi connectivity index (χ1) is 12.7. The second-order valence-electron chi connectivity index (χ2n) is 6.93. The Morgan fingerprint density at radius 1 is 1.19 bits per heavy atom. The minimum Gasteiger partial charge on any atom is -0.451 e. The van der Waals surface area contributed by atoms with Crippen molar-refractivity contribution in [3.05, 3.63) is 65.7 Å². The molecule has 0 atom stereocenters. The van der Waals surface area contributed by atoms with E-state index >= 15 is 0 Å². The molecule has 1 aromatic carbocycles. The molecule has 0 bridgehead atoms. The Bertz CT molecular complexity index is 896. The predicted molar refractivity (Wildman–Crippen MR) is 101 cm³/mol. The third kappa shape index (κ3) is 3.48. The highest BCUT2D eigenvalue weighted by Gasteiger charge is 2.24. The van der Waals surface area contributed by atoms with Gasteiger partial charge in [0, 0.05) is 49.0 Å². The van der Waals surface area contributed by atoms with Gasteiger partial charge in [-0.15, -0.1) is 0 Å². The highest BCUT2D eigenvalue weighted by molar-refractivity contribution is 5.99. The van der Waals surface area contributed by atoms with E-state index in [1.54, 1.807) is 0 Å². The Morgan fingerprint density at radius 2 is 1.92 bits per heavy atom. The van der Waals surface area contributed by atoms with Crippen LogP contribution in [0.15, 0.2) is 53.2 Å². The van der Waals surface area contributed by atoms with Crippen LogP contribution in [0.3, 0.4) is 0 Å². The number of nitrogens with zero attached hydrogens (tertiary/aromatic N) is 2. The Labute approximate surface area is 153 Å². The second kappa shape index (κ2) is 7.30. The number of fused-ring (bicyclic) bond motifs is 1. The van der Waals surface area contributed by atoms with Gasteiger partial charge < -0.3 is 9.73 Å². The van der Waals surface area contributed by atoms with Crippen molar-refractivity contribution in [3.8, 4) is 0 Å². The number of hydrogen-bond donors (Lipinski definition) is 1. The van der Waals surface area contributed by atoms with Crippen LogP contribution in [0.5, 0.6) is 0 Å². The molecule has 1 aliphatic heterocycles. The van der Waals surface area contributed by atoms with Crippen LogP contribution in [0, 0.1) is 6.92 Å². The van der Waals surface area contributed by atoms with Crippen molar-refractivity contribution >= 4 is 16.9 Å². The summed E-state index contributed by atoms with van der Waals surface area (Å²) in [6, 6.07) is 12.1. The van der Waals surface area contributed by atoms with Crippen molar-refractivity contribution in [2.75, 3.05) is 13.1 Å². The first-order valence-corrected chi connectivity index (χ1v) is 9.11. The molecule has 3 aromatic rings. The summed E-state index contributed by atoms with van der Waals surface area (Å²) < 4.78 is 5.77. The molecule has 3 heterocycles. The highest BCUT2D eigenvalue weighted by atomic mass is 16.3. The van der Waals surface area contributed by atoms with Crippen LogP contribution in [-0.4, -0.2) is 34.9 Å². The lowest BCUT2D eigenvalue weighted by Gasteiger charge is -2.32. The minimum atomic E-state index is -0.105. The number of likely N-dealkylation sites (tertiary alicyclic amines) is 1. The zero-order chi connectivity index (χ0) is 17.9. The van der Waals surface area contributed by atoms with E-state index in [1.165, 1.54) is 5.56 Å². The first-order valence-electron chi connectivity index (χ1n) is 9.11. The normalized spacial score (nSPS) is 16.0. The van der Waals surface area contributed by atoms with Gasteiger partial charge in [0.25, 0.3) is 5.91 Å². The van der Waals surface area contributed by atoms with Gasteiger partial charge in [-0.3, -0.25) is 14.7 Å². The molecule has 1 saturated heterocycles. The van der Waals surface area contributed by atoms with E-state index in [2.05, 4.69) is 27.3 Å². The quantitative estimate of drug-likeness (QED) is 0.783. The smallest absolute Gasteiger partial charge is 0.287 e. The number of aryl methyl sites for hydroxylation is 1. The van der Waals surface area contributed by atoms with E-state index < -0.39 is 0 Å². The van der Waals surface area contributed by atoms with Gasteiger partial charge in [0.05, 0.1) is 0 Å². The van der Waals surface area contributed by atoms with Crippen molar-refractivity contribution in [2.45, 2.75) is 32.4 Å². The van der Waals surface area contributed by atoms with Gasteiger partial charge in [0.2, 0.25) is 0 Å². The van der Waals surface area contributed by atoms with E-state index in [-0.39, 0.29) is 11.9 Å². The number of nitrogens with one attached hydrogen (secondary N) is 1. The van der Waals surface area contributed by atoms with Crippen molar-refractivity contribution in [3.63, 3.8) is 0 Å². The molecule has 1 N–H and O–H groups in total. The summed E-state index contributed by atoms with van der Waals surface area (Å²) in [6.07, 6.45) is 5.57. The lowest BCUT2D eigenvalue weighted by atomic mass is 10.0. The number of aromatic nitrogens is 1. The van der Waals surface area contributed by atoms with Crippen LogP contribution >= 0.6 is 0 Å². The lowest BCUT2D eigenvalue weighted by Crippen LogP contribution is -2.44. The van der Waals surface area contributed by atoms with Crippen molar-refractivity contribution in [1.29, 1.82) is 0 Å². The van der Waals surface area contributed by atoms with Gasteiger partial charge in [-0.05, 0) is 43.5 Å². The maximum atomic E-state index is 12.7. The predicted octanol–water partition coefficient (Wildman–Crippen LogP) is 3.53. The third-order valence-electron chi connectivity index (χ3n) is 5.13. The molecule has 1 amide bonds. The van der Waals surface area contributed by atoms with Gasteiger partial charge in [0.15, 0.2) is 5.76 Å². The fourth-order valence-electron chi connectivity index (χ4n) is 3.62. The molecule has 26 heavy (non-hydrogen) atoms. The number of carbonyl (C=O) groups excluding carboxylic acids is 1. The number of carbonyl (C=O) groups is 1. The number of hydrogen-bond acceptors (Lipinski definition) is 4. The zero-order valence-electron chi connectivity index (χ0n) is 14.9. The molecule has 5 nitrogen and oxygen atoms in total. The number of furan rings is 1. The number of pyridine rings is 1. The van der Waals surface area contributed by atoms with Crippen LogP contribution < -0.4 is 5.32 Å². The molecule has 1 fully saturated rings. The largest absolute Gasteiger partial charge is 0.451 e. The lowest BCUT2D eigenvalue weighted by molar-refractivity contribution is 0.0882. The maximum Gasteiger partial charge on any atom is 0.287 e. The fraction of sp³-hybridized carbons (Fsp3) is 0.333. The topological polar surface area (TPSA) is 58.4 Å². The molecular formula is C21H23N3O2. The fourth-order valence-corrected chi connectivity index (χ4v) is 3.62. The number of benzene rings is 1. The SMILES string of the molecule is Cc1c(C(=O)NC2CCN(Cc3ccncc3)CC2)oc2ccccc12. The van der Waals surface area contributed by atoms with Gasteiger partial charge in [0.1, 0.15) is 5.58 Å². The Kier molecular flexibility index (Phi) is 4.71. The van der Waals surface area contributed by atoms with E-state index in [4.69, 9.17) is 4.42 Å². The molecule has 0 saturated carbocycles. The molecule has 0 radical (unpaired) electrons. The van der Waals surface area contributed by atoms with Gasteiger partial charge in [-0.1, -0.05) is 18.2 Å². The standard InChI is InChI=1S/C21H23N3O2/c1-15-18-4-2-3-5-19(18)26-20(15)21(25)23-17-8-12-24(13-9-17)14-16-6-10-22-11-7-16/h2-7,10-11,17H,8-9,12-14H2,1H3,(H,23,25). The van der Waals surface area contributed by atoms with E-state index in [9.17, 15) is 4.79 Å². The van der Waals surface area contributed by atoms with E-state index in [0.717, 1.165) is 49.0 Å². The van der Waals surface area contributed by atoms with Crippen LogP contribution in [-0.2, 0) is 6.54 Å². The third-order valence-corrected chi connectivity index (χ3v) is 5.13. The molecule has 2 aromatic heterocycles. The van der Waals surface area contributed by atoms with Crippen LogP contribution in [0.1, 0.15) is 34.5 Å². The van der Waals surface area contributed by atoms with Crippen molar-refractivity contribution in [1.82, 2.24) is 15.2 Å². The molecule has 4 rings (SSSR count). The Balaban J connectivity index is 1.35. The summed E-state index contributed by atoms with van der Waals surface area (Å²) in [4.78, 5) is 19.1. The molecular weight excluding hydrogens is 326 g/mol. The van der Waals surface area contributed by atoms with Gasteiger partial charge >= 0.3 is 0 Å². The minimum absolute atomic E-state index is 0.105. The van der Waals surface area contributed by atoms with Gasteiger partial charge in [-0.2, -0.15) is 0 Å². The first kappa shape index (κ1) is 16.8. The van der Waals surface area contributed by atoms with E-state index in [0.29, 0.717) is 5.76 Å². The van der Waals surface area contributed by atoms with Crippen LogP contribution in [0.2, 0.25) is 0 Å². The molecule has 0 aliphatic carbocycles. The second-order valence-corrected chi connectivity index (χ2v) is 6.93. The number of piperidine rings is 1. The van der Waals surface area contributed by atoms with Crippen molar-refractivity contribution < 1.29 is 9.21 Å². The summed E-state index contributed by atoms with van der Waals surface area (Å²) in [7, 11) is 0. The van der Waals surface area contributed by atoms with E-state index in [1.807, 2.05) is 43.6 Å². The average molecular weight is 349 g/mol. The monoisotopic (exact) mass is 349 g/mol. The summed E-state index contributed by atoms with van der Waals surface area (Å²) in [5.41, 5.74) is 2.95. The maximum absolute atomic E-state index is 12.7. The van der Waals surface area contributed by atoms with Crippen LogP contribution in [0.25, 0.3) is 11.0 Å². The molecule has 0 spiro atoms. The summed E-state index contributed by atoms with van der Waals surface area (Å²) in [5, 5.41) is 4.16. The average Bonchev–Trinajstić information content (AvgIpc) is 3.01. The number of rotatable bonds is 4. The van der Waals surface area contributed by atoms with Gasteiger partial charge in [-0.25, -0.2) is 0 Å². The van der Waals surface area contributed by atoms with Crippen molar-refractivity contribution in [2.24, 2.45) is 0 Å². The Hall–Kier alpha value is -2.66.